The first-order valence-corrected chi connectivity index (χ1v) is 32.4. The standard InChI is InChI=1S/C26H25FN6O.C25H26FN5O.C24H23F2N5O/c1-16-14-33-25(31-16)21(18-6-5-17(15-32(3)4)11-23(18)28-2)13-30-26(33)29-12-20-19-9-10-34-24(19)8-7-22(20)27;1-15-10-17(11-27-3)4-5-18(15)21-13-29-25(31-14-16(2)30-24(21)31)28-12-20-19-8-9-32-23(19)7-6-22(20)26;1-14-13-31-23(30-14)18(15-3-4-16(10-27-2)21(26)9-15)11-28-24(31)29-12-19-17-7-8-32-22(17)6-5-20(19)25/h5-8,11,13-14H,9-10,12,15H2,1,3-4H3,(H,29,30);4-7,10,13-14,27H,8-9,11-12H2,1-3H3,(H,28,29);3-6,9,11,13,27H,7-8,10,12H2,1-2H3,(H,28,29). The van der Waals surface area contributed by atoms with Crippen LogP contribution >= 0.6 is 0 Å². The summed E-state index contributed by atoms with van der Waals surface area (Å²) in [4.78, 5) is 33.8. The molecular weight excluding hydrogens is 1250 g/mol. The van der Waals surface area contributed by atoms with Gasteiger partial charge in [-0.15, -0.1) is 0 Å². The third-order valence-corrected chi connectivity index (χ3v) is 17.6. The molecule has 6 aromatic carbocycles. The molecule has 3 aliphatic rings. The number of nitrogens with one attached hydrogen (secondary N) is 5. The van der Waals surface area contributed by atoms with Crippen molar-refractivity contribution in [2.75, 3.05) is 64.0 Å². The lowest BCUT2D eigenvalue weighted by Crippen LogP contribution is -2.10. The molecule has 0 unspecified atom stereocenters. The monoisotopic (exact) mass is 1320 g/mol. The van der Waals surface area contributed by atoms with Gasteiger partial charge in [-0.1, -0.05) is 48.5 Å². The molecule has 500 valence electrons. The van der Waals surface area contributed by atoms with Crippen molar-refractivity contribution in [2.45, 2.75) is 86.2 Å². The Morgan fingerprint density at radius 3 is 1.36 bits per heavy atom. The molecule has 0 spiro atoms. The number of ether oxygens (including phenoxy) is 3. The van der Waals surface area contributed by atoms with Gasteiger partial charge in [0, 0.05) is 151 Å². The summed E-state index contributed by atoms with van der Waals surface area (Å²) in [5.41, 5.74) is 18.9. The Labute approximate surface area is 564 Å². The van der Waals surface area contributed by atoms with E-state index in [1.165, 1.54) is 35.4 Å². The number of anilines is 3. The van der Waals surface area contributed by atoms with Gasteiger partial charge in [0.25, 0.3) is 0 Å². The quantitative estimate of drug-likeness (QED) is 0.0403. The summed E-state index contributed by atoms with van der Waals surface area (Å²) < 4.78 is 80.5. The van der Waals surface area contributed by atoms with Gasteiger partial charge in [-0.3, -0.25) is 13.2 Å². The topological polar surface area (TPSA) is 186 Å². The fourth-order valence-electron chi connectivity index (χ4n) is 13.0. The van der Waals surface area contributed by atoms with Crippen molar-refractivity contribution in [2.24, 2.45) is 0 Å². The highest BCUT2D eigenvalue weighted by atomic mass is 19.1. The van der Waals surface area contributed by atoms with E-state index in [1.807, 2.05) is 104 Å². The maximum absolute atomic E-state index is 14.6. The van der Waals surface area contributed by atoms with Gasteiger partial charge in [-0.05, 0) is 132 Å². The van der Waals surface area contributed by atoms with Crippen molar-refractivity contribution in [1.29, 1.82) is 0 Å². The predicted octanol–water partition coefficient (Wildman–Crippen LogP) is 13.7. The maximum Gasteiger partial charge on any atom is 0.208 e. The number of fused-ring (bicyclic) bond motifs is 6. The summed E-state index contributed by atoms with van der Waals surface area (Å²) in [6.07, 6.45) is 13.0. The Kier molecular flexibility index (Phi) is 19.1. The Morgan fingerprint density at radius 2 is 0.918 bits per heavy atom. The SMILES string of the molecule is CNCc1ccc(-c2cnc(NCc3c(F)ccc4c3CCO4)n3cc(C)nc23)c(C)c1.CNCc1ccc(-c2cnc(NCc3c(F)ccc4c3CCO4)n3cc(C)nc23)cc1F.[C-]#[N+]c1cc(CN(C)C)ccc1-c1cnc(NCc2c(F)ccc3c2CCO3)n2cc(C)nc12. The molecule has 9 heterocycles. The van der Waals surface area contributed by atoms with E-state index in [2.05, 4.69) is 81.4 Å². The molecule has 5 N–H and O–H groups in total. The normalized spacial score (nSPS) is 12.7. The molecule has 19 nitrogen and oxygen atoms in total. The molecule has 0 saturated carbocycles. The molecule has 23 heteroatoms. The molecule has 0 saturated heterocycles. The van der Waals surface area contributed by atoms with Crippen LogP contribution in [0.3, 0.4) is 0 Å². The van der Waals surface area contributed by atoms with Crippen molar-refractivity contribution in [3.63, 3.8) is 0 Å². The maximum atomic E-state index is 14.6. The van der Waals surface area contributed by atoms with E-state index in [4.69, 9.17) is 30.8 Å². The molecular formula is C75H74F4N16O3. The summed E-state index contributed by atoms with van der Waals surface area (Å²) in [6, 6.07) is 26.9. The van der Waals surface area contributed by atoms with Gasteiger partial charge in [-0.25, -0.2) is 52.3 Å². The van der Waals surface area contributed by atoms with Crippen LogP contribution in [0.2, 0.25) is 0 Å². The van der Waals surface area contributed by atoms with Crippen LogP contribution in [0.4, 0.5) is 41.1 Å². The van der Waals surface area contributed by atoms with E-state index in [9.17, 15) is 17.6 Å². The van der Waals surface area contributed by atoms with Crippen LogP contribution < -0.4 is 40.8 Å². The van der Waals surface area contributed by atoms with Gasteiger partial charge in [0.1, 0.15) is 57.5 Å². The predicted molar refractivity (Wildman–Crippen MR) is 372 cm³/mol. The second-order valence-corrected chi connectivity index (χ2v) is 24.8. The van der Waals surface area contributed by atoms with E-state index in [0.29, 0.717) is 108 Å². The molecule has 0 amide bonds. The van der Waals surface area contributed by atoms with Crippen LogP contribution in [0.1, 0.15) is 72.7 Å². The Morgan fingerprint density at radius 1 is 0.480 bits per heavy atom. The highest BCUT2D eigenvalue weighted by Gasteiger charge is 2.25. The molecule has 3 aliphatic heterocycles. The van der Waals surface area contributed by atoms with E-state index in [-0.39, 0.29) is 36.4 Å². The summed E-state index contributed by atoms with van der Waals surface area (Å²) in [7, 11) is 7.72. The number of imidazole rings is 3. The lowest BCUT2D eigenvalue weighted by atomic mass is 10.00. The fraction of sp³-hybridized carbons (Fsp3) is 0.267. The first-order chi connectivity index (χ1) is 47.5. The highest BCUT2D eigenvalue weighted by Crippen LogP contribution is 2.38. The van der Waals surface area contributed by atoms with Crippen LogP contribution in [-0.2, 0) is 58.5 Å². The summed E-state index contributed by atoms with van der Waals surface area (Å²) in [5, 5.41) is 16.0. The second kappa shape index (κ2) is 28.4. The smallest absolute Gasteiger partial charge is 0.208 e. The van der Waals surface area contributed by atoms with E-state index in [1.54, 1.807) is 43.7 Å². The number of rotatable bonds is 18. The molecule has 0 bridgehead atoms. The van der Waals surface area contributed by atoms with E-state index in [0.717, 1.165) is 110 Å². The second-order valence-electron chi connectivity index (χ2n) is 24.8. The molecule has 0 aliphatic carbocycles. The summed E-state index contributed by atoms with van der Waals surface area (Å²) >= 11 is 0. The van der Waals surface area contributed by atoms with Crippen LogP contribution in [0.15, 0.2) is 128 Å². The Bertz CT molecular complexity index is 5060. The van der Waals surface area contributed by atoms with Crippen molar-refractivity contribution < 1.29 is 31.8 Å². The third-order valence-electron chi connectivity index (χ3n) is 17.6. The van der Waals surface area contributed by atoms with Crippen LogP contribution in [-0.4, -0.2) is 96.0 Å². The minimum Gasteiger partial charge on any atom is -0.493 e. The minimum absolute atomic E-state index is 0.228. The first-order valence-electron chi connectivity index (χ1n) is 32.4. The van der Waals surface area contributed by atoms with E-state index < -0.39 is 0 Å². The van der Waals surface area contributed by atoms with Gasteiger partial charge in [-0.2, -0.15) is 0 Å². The molecule has 0 fully saturated rings. The molecule has 0 atom stereocenters. The number of hydrogen-bond acceptors (Lipinski definition) is 15. The Balaban J connectivity index is 0.000000132. The van der Waals surface area contributed by atoms with Gasteiger partial charge in [0.2, 0.25) is 17.8 Å². The number of nitrogens with zero attached hydrogens (tertiary/aromatic N) is 11. The van der Waals surface area contributed by atoms with Crippen LogP contribution in [0, 0.1) is 57.5 Å². The number of benzene rings is 6. The molecule has 12 aromatic rings. The van der Waals surface area contributed by atoms with Crippen LogP contribution in [0.25, 0.3) is 55.2 Å². The zero-order valence-electron chi connectivity index (χ0n) is 55.8. The van der Waals surface area contributed by atoms with Gasteiger partial charge >= 0.3 is 0 Å². The van der Waals surface area contributed by atoms with Gasteiger partial charge < -0.3 is 45.7 Å². The van der Waals surface area contributed by atoms with Crippen molar-refractivity contribution in [3.8, 4) is 50.6 Å². The molecule has 6 aromatic heterocycles. The third kappa shape index (κ3) is 13.5. The van der Waals surface area contributed by atoms with Crippen molar-refractivity contribution in [3.05, 3.63) is 236 Å². The summed E-state index contributed by atoms with van der Waals surface area (Å²) in [6.45, 7) is 20.2. The van der Waals surface area contributed by atoms with Gasteiger partial charge in [0.05, 0.1) is 43.5 Å². The van der Waals surface area contributed by atoms with Crippen LogP contribution in [0.5, 0.6) is 17.2 Å². The van der Waals surface area contributed by atoms with Gasteiger partial charge in [0.15, 0.2) is 5.69 Å². The largest absolute Gasteiger partial charge is 0.493 e. The lowest BCUT2D eigenvalue weighted by Gasteiger charge is -2.14. The first kappa shape index (κ1) is 65.7. The number of aryl methyl sites for hydroxylation is 4. The summed E-state index contributed by atoms with van der Waals surface area (Å²) in [5.74, 6) is 2.94. The number of hydrogen-bond donors (Lipinski definition) is 5. The zero-order chi connectivity index (χ0) is 68.3. The molecule has 0 radical (unpaired) electrons. The number of aromatic nitrogens is 9. The average molecular weight is 1320 g/mol. The van der Waals surface area contributed by atoms with Crippen molar-refractivity contribution in [1.82, 2.24) is 58.6 Å². The number of halogens is 4. The lowest BCUT2D eigenvalue weighted by molar-refractivity contribution is 0.356. The average Bonchev–Trinajstić information content (AvgIpc) is 1.56. The Hall–Kier alpha value is -10.9. The fourth-order valence-corrected chi connectivity index (χ4v) is 13.0. The van der Waals surface area contributed by atoms with Crippen molar-refractivity contribution >= 4 is 40.5 Å². The minimum atomic E-state index is -0.281. The molecule has 15 rings (SSSR count). The highest BCUT2D eigenvalue weighted by molar-refractivity contribution is 5.87. The zero-order valence-corrected chi connectivity index (χ0v) is 55.8. The van der Waals surface area contributed by atoms with E-state index >= 15 is 0 Å². The molecule has 98 heavy (non-hydrogen) atoms.